The van der Waals surface area contributed by atoms with Gasteiger partial charge in [-0.05, 0) is 88.2 Å². The highest BCUT2D eigenvalue weighted by Crippen LogP contribution is 2.64. The molecule has 0 unspecified atom stereocenters. The molecule has 1 heterocycles. The second kappa shape index (κ2) is 7.82. The molecule has 3 aliphatic rings. The van der Waals surface area contributed by atoms with Crippen LogP contribution in [0.2, 0.25) is 0 Å². The maximum absolute atomic E-state index is 11.6. The number of hydrogen-bond acceptors (Lipinski definition) is 5. The van der Waals surface area contributed by atoms with E-state index in [0.29, 0.717) is 11.5 Å². The molecule has 1 saturated carbocycles. The first-order valence-electron chi connectivity index (χ1n) is 11.2. The molecule has 0 amide bonds. The fraction of sp³-hybridized carbons (Fsp3) is 0.708. The summed E-state index contributed by atoms with van der Waals surface area (Å²) in [7, 11) is 2.32. The smallest absolute Gasteiger partial charge is 0.457 e. The summed E-state index contributed by atoms with van der Waals surface area (Å²) in [6.07, 6.45) is 7.95. The Labute approximate surface area is 174 Å². The van der Waals surface area contributed by atoms with E-state index in [1.807, 2.05) is 6.07 Å². The van der Waals surface area contributed by atoms with Crippen LogP contribution >= 0.6 is 0 Å². The van der Waals surface area contributed by atoms with Crippen molar-refractivity contribution in [1.29, 1.82) is 0 Å². The lowest BCUT2D eigenvalue weighted by molar-refractivity contribution is -0.0890. The van der Waals surface area contributed by atoms with Crippen molar-refractivity contribution < 1.29 is 19.0 Å². The molecule has 2 bridgehead atoms. The van der Waals surface area contributed by atoms with Crippen molar-refractivity contribution >= 4 is 6.16 Å². The quantitative estimate of drug-likeness (QED) is 0.510. The Morgan fingerprint density at radius 1 is 1.24 bits per heavy atom. The van der Waals surface area contributed by atoms with Crippen LogP contribution in [-0.2, 0) is 21.3 Å². The molecule has 5 nitrogen and oxygen atoms in total. The summed E-state index contributed by atoms with van der Waals surface area (Å²) >= 11 is 0. The number of ether oxygens (including phenoxy) is 3. The van der Waals surface area contributed by atoms with Crippen LogP contribution in [0.1, 0.15) is 70.4 Å². The van der Waals surface area contributed by atoms with Crippen LogP contribution in [0, 0.1) is 5.41 Å². The molecule has 3 atom stereocenters. The molecule has 2 aliphatic carbocycles. The van der Waals surface area contributed by atoms with Crippen LogP contribution in [0.4, 0.5) is 4.79 Å². The fourth-order valence-corrected chi connectivity index (χ4v) is 6.65. The first-order chi connectivity index (χ1) is 13.9. The van der Waals surface area contributed by atoms with Gasteiger partial charge < -0.3 is 19.1 Å². The molecular weight excluding hydrogens is 366 g/mol. The average molecular weight is 402 g/mol. The summed E-state index contributed by atoms with van der Waals surface area (Å²) in [5.41, 5.74) is 3.58. The number of likely N-dealkylation sites (tertiary alicyclic amines) is 1. The van der Waals surface area contributed by atoms with Gasteiger partial charge in [0.1, 0.15) is 5.75 Å². The van der Waals surface area contributed by atoms with Crippen molar-refractivity contribution in [1.82, 2.24) is 4.90 Å². The summed E-state index contributed by atoms with van der Waals surface area (Å²) in [5, 5.41) is 0. The average Bonchev–Trinajstić information content (AvgIpc) is 2.70. The number of carbonyl (C=O) groups is 1. The molecule has 1 saturated heterocycles. The third-order valence-electron chi connectivity index (χ3n) is 7.87. The number of carbonyl (C=O) groups excluding carboxylic acids is 1. The summed E-state index contributed by atoms with van der Waals surface area (Å²) in [5.74, 6) is 0.781. The fourth-order valence-electron chi connectivity index (χ4n) is 6.65. The van der Waals surface area contributed by atoms with Crippen LogP contribution < -0.4 is 4.74 Å². The van der Waals surface area contributed by atoms with E-state index in [4.69, 9.17) is 14.2 Å². The topological polar surface area (TPSA) is 48.0 Å². The summed E-state index contributed by atoms with van der Waals surface area (Å²) in [4.78, 5) is 14.2. The zero-order valence-electron chi connectivity index (χ0n) is 18.3. The first-order valence-corrected chi connectivity index (χ1v) is 11.2. The largest absolute Gasteiger partial charge is 0.511 e. The molecule has 0 spiro atoms. The lowest BCUT2D eigenvalue weighted by atomic mass is 9.43. The maximum Gasteiger partial charge on any atom is 0.511 e. The van der Waals surface area contributed by atoms with E-state index in [1.165, 1.54) is 56.2 Å². The Balaban J connectivity index is 1.60. The van der Waals surface area contributed by atoms with Crippen molar-refractivity contribution in [3.63, 3.8) is 0 Å². The van der Waals surface area contributed by atoms with Gasteiger partial charge in [-0.3, -0.25) is 0 Å². The second-order valence-electron chi connectivity index (χ2n) is 9.39. The monoisotopic (exact) mass is 401 g/mol. The Kier molecular flexibility index (Phi) is 5.54. The minimum Gasteiger partial charge on any atom is -0.457 e. The second-order valence-corrected chi connectivity index (χ2v) is 9.39. The Bertz CT molecular complexity index is 763. The zero-order chi connectivity index (χ0) is 20.6. The van der Waals surface area contributed by atoms with E-state index < -0.39 is 6.16 Å². The van der Waals surface area contributed by atoms with E-state index in [0.717, 1.165) is 12.2 Å². The first kappa shape index (κ1) is 20.5. The van der Waals surface area contributed by atoms with Crippen molar-refractivity contribution in [2.45, 2.75) is 83.3 Å². The number of hydrogen-bond donors (Lipinski definition) is 0. The van der Waals surface area contributed by atoms with E-state index >= 15 is 0 Å². The Morgan fingerprint density at radius 3 is 2.79 bits per heavy atom. The lowest BCUT2D eigenvalue weighted by Crippen LogP contribution is -2.67. The number of fused-ring (bicyclic) bond motifs is 1. The van der Waals surface area contributed by atoms with Gasteiger partial charge in [-0.25, -0.2) is 4.79 Å². The molecular formula is C24H35NO4. The predicted molar refractivity (Wildman–Crippen MR) is 112 cm³/mol. The van der Waals surface area contributed by atoms with Gasteiger partial charge in [0.05, 0.1) is 6.10 Å². The van der Waals surface area contributed by atoms with Crippen molar-refractivity contribution in [2.24, 2.45) is 5.41 Å². The third-order valence-corrected chi connectivity index (χ3v) is 7.87. The van der Waals surface area contributed by atoms with Gasteiger partial charge in [-0.1, -0.05) is 25.8 Å². The van der Waals surface area contributed by atoms with Gasteiger partial charge >= 0.3 is 6.16 Å². The van der Waals surface area contributed by atoms with Crippen molar-refractivity contribution in [3.8, 4) is 5.75 Å². The van der Waals surface area contributed by atoms with Gasteiger partial charge in [0.2, 0.25) is 6.79 Å². The molecule has 1 aliphatic heterocycles. The summed E-state index contributed by atoms with van der Waals surface area (Å²) in [6, 6.07) is 7.13. The standard InChI is InChI=1S/C24H35NO4/c1-5-23-10-6-7-11-24(23)12-13-25(4)21(23)14-18-8-9-19(15-20(18)24)27-16-28-22(26)29-17(2)3/h8-9,15,17,21H,5-7,10-14,16H2,1-4H3/t21-,23+,24+/m0/s1. The van der Waals surface area contributed by atoms with Crippen molar-refractivity contribution in [2.75, 3.05) is 20.4 Å². The van der Waals surface area contributed by atoms with E-state index in [1.54, 1.807) is 13.8 Å². The third kappa shape index (κ3) is 3.31. The number of benzene rings is 1. The maximum atomic E-state index is 11.6. The predicted octanol–water partition coefficient (Wildman–Crippen LogP) is 5.05. The van der Waals surface area contributed by atoms with Crippen molar-refractivity contribution in [3.05, 3.63) is 29.3 Å². The van der Waals surface area contributed by atoms with Crippen LogP contribution in [0.15, 0.2) is 18.2 Å². The van der Waals surface area contributed by atoms with E-state index in [9.17, 15) is 4.79 Å². The molecule has 0 N–H and O–H groups in total. The minimum absolute atomic E-state index is 0.123. The Morgan fingerprint density at radius 2 is 2.03 bits per heavy atom. The molecule has 2 fully saturated rings. The molecule has 29 heavy (non-hydrogen) atoms. The molecule has 160 valence electrons. The number of nitrogens with zero attached hydrogens (tertiary/aromatic N) is 1. The van der Waals surface area contributed by atoms with Crippen LogP contribution in [0.3, 0.4) is 0 Å². The highest BCUT2D eigenvalue weighted by Gasteiger charge is 2.61. The number of rotatable bonds is 5. The van der Waals surface area contributed by atoms with Gasteiger partial charge in [0, 0.05) is 11.5 Å². The van der Waals surface area contributed by atoms with Crippen LogP contribution in [0.25, 0.3) is 0 Å². The van der Waals surface area contributed by atoms with Gasteiger partial charge in [-0.15, -0.1) is 0 Å². The highest BCUT2D eigenvalue weighted by atomic mass is 16.8. The molecule has 0 radical (unpaired) electrons. The zero-order valence-corrected chi connectivity index (χ0v) is 18.3. The number of likely N-dealkylation sites (N-methyl/N-ethyl adjacent to an activating group) is 1. The molecule has 1 aromatic carbocycles. The molecule has 5 heteroatoms. The van der Waals surface area contributed by atoms with Gasteiger partial charge in [-0.2, -0.15) is 0 Å². The molecule has 4 rings (SSSR count). The number of piperidine rings is 1. The summed E-state index contributed by atoms with van der Waals surface area (Å²) in [6.45, 7) is 7.03. The summed E-state index contributed by atoms with van der Waals surface area (Å²) < 4.78 is 15.8. The van der Waals surface area contributed by atoms with Gasteiger partial charge in [0.25, 0.3) is 0 Å². The normalized spacial score (nSPS) is 31.0. The molecule has 0 aromatic heterocycles. The molecule has 1 aromatic rings. The van der Waals surface area contributed by atoms with Crippen LogP contribution in [-0.4, -0.2) is 43.6 Å². The van der Waals surface area contributed by atoms with E-state index in [-0.39, 0.29) is 18.3 Å². The van der Waals surface area contributed by atoms with Gasteiger partial charge in [0.15, 0.2) is 0 Å². The lowest BCUT2D eigenvalue weighted by Gasteiger charge is -2.66. The van der Waals surface area contributed by atoms with E-state index in [2.05, 4.69) is 31.0 Å². The Hall–Kier alpha value is -1.75. The SMILES string of the molecule is CC[C@]12CCCC[C@]13CCN(C)[C@H]2Cc1ccc(OCOC(=O)OC(C)C)cc13. The minimum atomic E-state index is -0.688. The highest BCUT2D eigenvalue weighted by molar-refractivity contribution is 5.59. The van der Waals surface area contributed by atoms with Crippen LogP contribution in [0.5, 0.6) is 5.75 Å².